The van der Waals surface area contributed by atoms with E-state index in [1.54, 1.807) is 7.11 Å². The first-order valence-corrected chi connectivity index (χ1v) is 7.72. The van der Waals surface area contributed by atoms with E-state index in [2.05, 4.69) is 23.5 Å². The number of hydrogen-bond acceptors (Lipinski definition) is 3. The van der Waals surface area contributed by atoms with Crippen LogP contribution in [0.25, 0.3) is 0 Å². The molecule has 4 nitrogen and oxygen atoms in total. The fourth-order valence-electron chi connectivity index (χ4n) is 2.92. The lowest BCUT2D eigenvalue weighted by Crippen LogP contribution is -2.39. The lowest BCUT2D eigenvalue weighted by atomic mass is 9.90. The Balaban J connectivity index is 1.92. The van der Waals surface area contributed by atoms with Crippen molar-refractivity contribution in [1.29, 1.82) is 0 Å². The Kier molecular flexibility index (Phi) is 6.21. The molecule has 0 radical (unpaired) electrons. The highest BCUT2D eigenvalue weighted by atomic mass is 16.5. The molecule has 0 saturated carbocycles. The summed E-state index contributed by atoms with van der Waals surface area (Å²) in [5.74, 6) is -0.0127. The van der Waals surface area contributed by atoms with E-state index < -0.39 is 0 Å². The molecule has 1 unspecified atom stereocenters. The number of fused-ring (bicyclic) bond motifs is 1. The lowest BCUT2D eigenvalue weighted by molar-refractivity contribution is -0.121. The molecule has 1 aromatic rings. The first kappa shape index (κ1) is 16.0. The standard InChI is InChI=1S/C17H25NO3/c1-21-12-16(8-9-19)18-17(20)11-13-6-7-14-4-2-3-5-15(14)10-13/h6-7,10,16,19H,2-5,8-9,11-12H2,1H3,(H,18,20). The van der Waals surface area contributed by atoms with Crippen molar-refractivity contribution >= 4 is 5.91 Å². The highest BCUT2D eigenvalue weighted by molar-refractivity contribution is 5.79. The van der Waals surface area contributed by atoms with Gasteiger partial charge in [-0.05, 0) is 48.8 Å². The first-order chi connectivity index (χ1) is 10.2. The molecule has 0 bridgehead atoms. The van der Waals surface area contributed by atoms with E-state index in [0.29, 0.717) is 19.4 Å². The second-order valence-corrected chi connectivity index (χ2v) is 5.72. The van der Waals surface area contributed by atoms with Gasteiger partial charge >= 0.3 is 0 Å². The number of aliphatic hydroxyl groups is 1. The summed E-state index contributed by atoms with van der Waals surface area (Å²) in [7, 11) is 1.60. The predicted octanol–water partition coefficient (Wildman–Crippen LogP) is 1.62. The molecule has 21 heavy (non-hydrogen) atoms. The van der Waals surface area contributed by atoms with Gasteiger partial charge in [0.25, 0.3) is 0 Å². The Labute approximate surface area is 126 Å². The fourth-order valence-corrected chi connectivity index (χ4v) is 2.92. The average Bonchev–Trinajstić information content (AvgIpc) is 2.47. The Morgan fingerprint density at radius 1 is 1.33 bits per heavy atom. The Morgan fingerprint density at radius 2 is 2.10 bits per heavy atom. The molecule has 1 aromatic carbocycles. The van der Waals surface area contributed by atoms with Crippen molar-refractivity contribution in [3.8, 4) is 0 Å². The zero-order valence-electron chi connectivity index (χ0n) is 12.7. The van der Waals surface area contributed by atoms with Crippen LogP contribution in [0.3, 0.4) is 0 Å². The van der Waals surface area contributed by atoms with Gasteiger partial charge in [-0.3, -0.25) is 4.79 Å². The minimum Gasteiger partial charge on any atom is -0.396 e. The molecular weight excluding hydrogens is 266 g/mol. The first-order valence-electron chi connectivity index (χ1n) is 7.72. The van der Waals surface area contributed by atoms with Gasteiger partial charge in [0.05, 0.1) is 19.1 Å². The maximum atomic E-state index is 12.1. The number of nitrogens with one attached hydrogen (secondary N) is 1. The Bertz CT molecular complexity index is 467. The van der Waals surface area contributed by atoms with E-state index in [0.717, 1.165) is 18.4 Å². The molecule has 1 aliphatic rings. The summed E-state index contributed by atoms with van der Waals surface area (Å²) < 4.78 is 5.06. The van der Waals surface area contributed by atoms with Gasteiger partial charge in [0, 0.05) is 13.7 Å². The lowest BCUT2D eigenvalue weighted by Gasteiger charge is -2.18. The summed E-state index contributed by atoms with van der Waals surface area (Å²) in [6, 6.07) is 6.27. The Morgan fingerprint density at radius 3 is 2.81 bits per heavy atom. The molecule has 0 fully saturated rings. The minimum absolute atomic E-state index is 0.0127. The third-order valence-electron chi connectivity index (χ3n) is 3.99. The van der Waals surface area contributed by atoms with Crippen LogP contribution in [0.1, 0.15) is 36.0 Å². The summed E-state index contributed by atoms with van der Waals surface area (Å²) in [6.45, 7) is 0.476. The summed E-state index contributed by atoms with van der Waals surface area (Å²) in [5.41, 5.74) is 3.90. The summed E-state index contributed by atoms with van der Waals surface area (Å²) in [6.07, 6.45) is 5.71. The number of rotatable bonds is 7. The van der Waals surface area contributed by atoms with Crippen molar-refractivity contribution in [2.75, 3.05) is 20.3 Å². The molecule has 2 rings (SSSR count). The second-order valence-electron chi connectivity index (χ2n) is 5.72. The SMILES string of the molecule is COCC(CCO)NC(=O)Cc1ccc2c(c1)CCCC2. The molecule has 1 aliphatic carbocycles. The van der Waals surface area contributed by atoms with Gasteiger partial charge in [-0.2, -0.15) is 0 Å². The Hall–Kier alpha value is -1.39. The molecule has 0 spiro atoms. The fraction of sp³-hybridized carbons (Fsp3) is 0.588. The number of aryl methyl sites for hydroxylation is 2. The number of amides is 1. The van der Waals surface area contributed by atoms with Crippen LogP contribution in [0.2, 0.25) is 0 Å². The van der Waals surface area contributed by atoms with E-state index in [4.69, 9.17) is 9.84 Å². The highest BCUT2D eigenvalue weighted by Crippen LogP contribution is 2.22. The van der Waals surface area contributed by atoms with Crippen molar-refractivity contribution in [3.05, 3.63) is 34.9 Å². The molecule has 116 valence electrons. The van der Waals surface area contributed by atoms with E-state index in [9.17, 15) is 4.79 Å². The topological polar surface area (TPSA) is 58.6 Å². The largest absolute Gasteiger partial charge is 0.396 e. The van der Waals surface area contributed by atoms with E-state index in [1.165, 1.54) is 24.0 Å². The van der Waals surface area contributed by atoms with Crippen molar-refractivity contribution in [2.45, 2.75) is 44.6 Å². The van der Waals surface area contributed by atoms with Crippen LogP contribution in [0.4, 0.5) is 0 Å². The summed E-state index contributed by atoms with van der Waals surface area (Å²) in [5, 5.41) is 11.9. The van der Waals surface area contributed by atoms with E-state index in [-0.39, 0.29) is 18.6 Å². The highest BCUT2D eigenvalue weighted by Gasteiger charge is 2.14. The summed E-state index contributed by atoms with van der Waals surface area (Å²) >= 11 is 0. The number of carbonyl (C=O) groups excluding carboxylic acids is 1. The van der Waals surface area contributed by atoms with Gasteiger partial charge in [0.2, 0.25) is 5.91 Å². The van der Waals surface area contributed by atoms with Crippen molar-refractivity contribution in [2.24, 2.45) is 0 Å². The van der Waals surface area contributed by atoms with E-state index in [1.807, 2.05) is 0 Å². The number of ether oxygens (including phenoxy) is 1. The number of benzene rings is 1. The van der Waals surface area contributed by atoms with E-state index >= 15 is 0 Å². The maximum Gasteiger partial charge on any atom is 0.224 e. The second kappa shape index (κ2) is 8.15. The van der Waals surface area contributed by atoms with Crippen LogP contribution < -0.4 is 5.32 Å². The molecule has 1 amide bonds. The molecule has 0 saturated heterocycles. The third kappa shape index (κ3) is 4.83. The average molecular weight is 291 g/mol. The number of hydrogen-bond donors (Lipinski definition) is 2. The summed E-state index contributed by atoms with van der Waals surface area (Å²) in [4.78, 5) is 12.1. The van der Waals surface area contributed by atoms with Crippen LogP contribution >= 0.6 is 0 Å². The van der Waals surface area contributed by atoms with Crippen LogP contribution in [0.5, 0.6) is 0 Å². The molecule has 0 aromatic heterocycles. The molecule has 0 heterocycles. The van der Waals surface area contributed by atoms with Crippen LogP contribution in [0.15, 0.2) is 18.2 Å². The minimum atomic E-state index is -0.120. The number of aliphatic hydroxyl groups excluding tert-OH is 1. The third-order valence-corrected chi connectivity index (χ3v) is 3.99. The van der Waals surface area contributed by atoms with Gasteiger partial charge in [-0.25, -0.2) is 0 Å². The van der Waals surface area contributed by atoms with Crippen molar-refractivity contribution in [1.82, 2.24) is 5.32 Å². The molecule has 4 heteroatoms. The van der Waals surface area contributed by atoms with Gasteiger partial charge in [0.1, 0.15) is 0 Å². The maximum absolute atomic E-state index is 12.1. The van der Waals surface area contributed by atoms with Gasteiger partial charge in [-0.1, -0.05) is 18.2 Å². The molecular formula is C17H25NO3. The number of carbonyl (C=O) groups is 1. The molecule has 2 N–H and O–H groups in total. The normalized spacial score (nSPS) is 15.3. The molecule has 1 atom stereocenters. The van der Waals surface area contributed by atoms with Gasteiger partial charge < -0.3 is 15.2 Å². The smallest absolute Gasteiger partial charge is 0.224 e. The van der Waals surface area contributed by atoms with Gasteiger partial charge in [-0.15, -0.1) is 0 Å². The zero-order valence-corrected chi connectivity index (χ0v) is 12.7. The molecule has 0 aliphatic heterocycles. The quantitative estimate of drug-likeness (QED) is 0.802. The van der Waals surface area contributed by atoms with Crippen LogP contribution in [-0.4, -0.2) is 37.4 Å². The van der Waals surface area contributed by atoms with Crippen LogP contribution in [0, 0.1) is 0 Å². The van der Waals surface area contributed by atoms with Crippen LogP contribution in [-0.2, 0) is 28.8 Å². The number of methoxy groups -OCH3 is 1. The monoisotopic (exact) mass is 291 g/mol. The van der Waals surface area contributed by atoms with Gasteiger partial charge in [0.15, 0.2) is 0 Å². The van der Waals surface area contributed by atoms with Crippen molar-refractivity contribution in [3.63, 3.8) is 0 Å². The zero-order chi connectivity index (χ0) is 15.1. The van der Waals surface area contributed by atoms with Crippen molar-refractivity contribution < 1.29 is 14.6 Å². The predicted molar refractivity (Wildman–Crippen MR) is 82.3 cm³/mol.